The van der Waals surface area contributed by atoms with E-state index in [9.17, 15) is 23.2 Å². The molecule has 4 nitrogen and oxygen atoms in total. The van der Waals surface area contributed by atoms with Crippen LogP contribution < -0.4 is 5.32 Å². The summed E-state index contributed by atoms with van der Waals surface area (Å²) in [7, 11) is 0. The van der Waals surface area contributed by atoms with Crippen molar-refractivity contribution in [2.24, 2.45) is 0 Å². The third kappa shape index (κ3) is 2.87. The van der Waals surface area contributed by atoms with Crippen molar-refractivity contribution in [1.29, 1.82) is 0 Å². The summed E-state index contributed by atoms with van der Waals surface area (Å²) in [5.41, 5.74) is -0.363. The van der Waals surface area contributed by atoms with Gasteiger partial charge in [-0.15, -0.1) is 0 Å². The van der Waals surface area contributed by atoms with E-state index in [0.717, 1.165) is 12.1 Å². The van der Waals surface area contributed by atoms with Gasteiger partial charge < -0.3 is 10.1 Å². The molecular weight excluding hydrogens is 280 g/mol. The minimum absolute atomic E-state index is 0.0250. The van der Waals surface area contributed by atoms with Gasteiger partial charge in [0.15, 0.2) is 5.94 Å². The van der Waals surface area contributed by atoms with E-state index < -0.39 is 17.6 Å². The molecule has 1 N–H and O–H groups in total. The van der Waals surface area contributed by atoms with E-state index in [-0.39, 0.29) is 28.9 Å². The third-order valence-corrected chi connectivity index (χ3v) is 3.02. The Morgan fingerprint density at radius 3 is 2.38 bits per heavy atom. The van der Waals surface area contributed by atoms with E-state index in [2.05, 4.69) is 5.32 Å². The van der Waals surface area contributed by atoms with Crippen LogP contribution in [0.3, 0.4) is 0 Å². The van der Waals surface area contributed by atoms with Crippen LogP contribution in [-0.2, 0) is 20.8 Å². The number of hydrogen-bond donors (Lipinski definition) is 1. The summed E-state index contributed by atoms with van der Waals surface area (Å²) in [5, 5.41) is 2.41. The lowest BCUT2D eigenvalue weighted by atomic mass is 9.91. The number of allylic oxidation sites excluding steroid dienone is 2. The smallest absolute Gasteiger partial charge is 0.150 e. The Kier molecular flexibility index (Phi) is 4.24. The highest BCUT2D eigenvalue weighted by Crippen LogP contribution is 2.31. The molecule has 1 unspecified atom stereocenters. The van der Waals surface area contributed by atoms with E-state index in [1.54, 1.807) is 0 Å². The van der Waals surface area contributed by atoms with Crippen molar-refractivity contribution < 1.29 is 23.2 Å². The lowest BCUT2D eigenvalue weighted by molar-refractivity contribution is -0.107. The second kappa shape index (κ2) is 6.09. The van der Waals surface area contributed by atoms with Crippen molar-refractivity contribution in [1.82, 2.24) is 5.32 Å². The van der Waals surface area contributed by atoms with Crippen molar-refractivity contribution >= 4 is 18.2 Å². The minimum Gasteiger partial charge on any atom is -0.340 e. The average Bonchev–Trinajstić information content (AvgIpc) is 2.47. The average molecular weight is 289 g/mol. The molecule has 1 aromatic rings. The van der Waals surface area contributed by atoms with Crippen molar-refractivity contribution in [3.63, 3.8) is 0 Å². The third-order valence-electron chi connectivity index (χ3n) is 3.02. The molecule has 21 heavy (non-hydrogen) atoms. The Balaban J connectivity index is 2.53. The largest absolute Gasteiger partial charge is 0.340 e. The quantitative estimate of drug-likeness (QED) is 0.674. The zero-order chi connectivity index (χ0) is 15.4. The number of nitrogens with one attached hydrogen (secondary N) is 1. The SMILES string of the molecule is O=C=C1C=CC(c2c(F)cc(CC=O)cc2F)C(=C=O)N1. The molecule has 0 saturated carbocycles. The summed E-state index contributed by atoms with van der Waals surface area (Å²) in [4.78, 5) is 31.8. The Bertz CT molecular complexity index is 703. The number of carbonyl (C=O) groups excluding carboxylic acids is 3. The summed E-state index contributed by atoms with van der Waals surface area (Å²) in [5.74, 6) is 0.281. The van der Waals surface area contributed by atoms with Gasteiger partial charge in [-0.2, -0.15) is 0 Å². The van der Waals surface area contributed by atoms with Gasteiger partial charge in [-0.3, -0.25) is 0 Å². The van der Waals surface area contributed by atoms with E-state index in [1.165, 1.54) is 24.0 Å². The van der Waals surface area contributed by atoms with Crippen LogP contribution in [0, 0.1) is 11.6 Å². The normalized spacial score (nSPS) is 17.0. The fourth-order valence-electron chi connectivity index (χ4n) is 2.09. The molecule has 1 atom stereocenters. The summed E-state index contributed by atoms with van der Waals surface area (Å²) >= 11 is 0. The van der Waals surface area contributed by atoms with Crippen LogP contribution in [0.4, 0.5) is 8.78 Å². The lowest BCUT2D eigenvalue weighted by Gasteiger charge is -2.21. The van der Waals surface area contributed by atoms with Gasteiger partial charge in [-0.05, 0) is 23.8 Å². The molecule has 0 radical (unpaired) electrons. The second-order valence-electron chi connectivity index (χ2n) is 4.34. The van der Waals surface area contributed by atoms with E-state index in [1.807, 2.05) is 0 Å². The summed E-state index contributed by atoms with van der Waals surface area (Å²) in [6, 6.07) is 2.07. The van der Waals surface area contributed by atoms with Crippen molar-refractivity contribution in [2.45, 2.75) is 12.3 Å². The number of halogens is 2. The highest BCUT2D eigenvalue weighted by atomic mass is 19.1. The maximum atomic E-state index is 14.1. The molecular formula is C15H9F2NO3. The van der Waals surface area contributed by atoms with Gasteiger partial charge in [0.2, 0.25) is 0 Å². The van der Waals surface area contributed by atoms with Crippen LogP contribution in [0.2, 0.25) is 0 Å². The van der Waals surface area contributed by atoms with Gasteiger partial charge in [0, 0.05) is 12.0 Å². The summed E-state index contributed by atoms with van der Waals surface area (Å²) < 4.78 is 28.1. The number of hydrogen-bond acceptors (Lipinski definition) is 4. The fraction of sp³-hybridized carbons (Fsp3) is 0.133. The van der Waals surface area contributed by atoms with Gasteiger partial charge in [-0.1, -0.05) is 6.08 Å². The monoisotopic (exact) mass is 289 g/mol. The summed E-state index contributed by atoms with van der Waals surface area (Å²) in [6.07, 6.45) is 3.00. The second-order valence-corrected chi connectivity index (χ2v) is 4.34. The Hall–Kier alpha value is -2.81. The van der Waals surface area contributed by atoms with Crippen molar-refractivity contribution in [3.8, 4) is 0 Å². The molecule has 0 bridgehead atoms. The highest BCUT2D eigenvalue weighted by molar-refractivity contribution is 5.66. The Morgan fingerprint density at radius 1 is 1.19 bits per heavy atom. The zero-order valence-electron chi connectivity index (χ0n) is 10.7. The van der Waals surface area contributed by atoms with E-state index >= 15 is 0 Å². The highest BCUT2D eigenvalue weighted by Gasteiger charge is 2.26. The molecule has 1 heterocycles. The van der Waals surface area contributed by atoms with Gasteiger partial charge in [0.25, 0.3) is 0 Å². The van der Waals surface area contributed by atoms with Gasteiger partial charge in [0.05, 0.1) is 5.92 Å². The standard InChI is InChI=1S/C15H9F2NO3/c16-12-5-9(3-4-19)6-13(17)15(12)11-2-1-10(7-20)18-14(11)8-21/h1-2,4-6,11,18H,3H2. The number of aldehydes is 1. The number of benzene rings is 1. The fourth-order valence-corrected chi connectivity index (χ4v) is 2.09. The van der Waals surface area contributed by atoms with E-state index in [4.69, 9.17) is 0 Å². The number of carbonyl (C=O) groups is 1. The maximum absolute atomic E-state index is 14.1. The number of rotatable bonds is 3. The van der Waals surface area contributed by atoms with Gasteiger partial charge >= 0.3 is 0 Å². The molecule has 6 heteroatoms. The summed E-state index contributed by atoms with van der Waals surface area (Å²) in [6.45, 7) is 0. The molecule has 2 rings (SSSR count). The maximum Gasteiger partial charge on any atom is 0.150 e. The molecule has 0 aliphatic carbocycles. The molecule has 1 aromatic carbocycles. The van der Waals surface area contributed by atoms with Crippen LogP contribution in [-0.4, -0.2) is 18.2 Å². The van der Waals surface area contributed by atoms with Crippen molar-refractivity contribution in [3.05, 3.63) is 58.4 Å². The van der Waals surface area contributed by atoms with E-state index in [0.29, 0.717) is 6.29 Å². The van der Waals surface area contributed by atoms with Crippen molar-refractivity contribution in [2.75, 3.05) is 0 Å². The van der Waals surface area contributed by atoms with Gasteiger partial charge in [-0.25, -0.2) is 18.4 Å². The van der Waals surface area contributed by atoms with Crippen LogP contribution >= 0.6 is 0 Å². The lowest BCUT2D eigenvalue weighted by Crippen LogP contribution is -2.23. The van der Waals surface area contributed by atoms with Crippen LogP contribution in [0.25, 0.3) is 0 Å². The molecule has 106 valence electrons. The zero-order valence-corrected chi connectivity index (χ0v) is 10.7. The molecule has 0 aromatic heterocycles. The first kappa shape index (κ1) is 14.6. The molecule has 1 aliphatic heterocycles. The first-order valence-corrected chi connectivity index (χ1v) is 5.97. The first-order chi connectivity index (χ1) is 10.1. The van der Waals surface area contributed by atoms with Gasteiger partial charge in [0.1, 0.15) is 35.3 Å². The predicted molar refractivity (Wildman–Crippen MR) is 69.6 cm³/mol. The molecule has 0 fully saturated rings. The van der Waals surface area contributed by atoms with Crippen LogP contribution in [0.1, 0.15) is 17.0 Å². The molecule has 0 saturated heterocycles. The molecule has 0 spiro atoms. The van der Waals surface area contributed by atoms with Crippen LogP contribution in [0.5, 0.6) is 0 Å². The molecule has 0 amide bonds. The van der Waals surface area contributed by atoms with Crippen LogP contribution in [0.15, 0.2) is 35.7 Å². The predicted octanol–water partition coefficient (Wildman–Crippen LogP) is 1.38. The topological polar surface area (TPSA) is 63.2 Å². The Morgan fingerprint density at radius 2 is 1.86 bits per heavy atom. The molecule has 1 aliphatic rings. The minimum atomic E-state index is -1.02. The Labute approximate surface area is 118 Å². The first-order valence-electron chi connectivity index (χ1n) is 5.97.